The van der Waals surface area contributed by atoms with Crippen molar-refractivity contribution in [2.75, 3.05) is 25.0 Å². The minimum atomic E-state index is -3.59. The van der Waals surface area contributed by atoms with Crippen molar-refractivity contribution in [1.82, 2.24) is 19.4 Å². The average Bonchev–Trinajstić information content (AvgIpc) is 3.34. The normalized spacial score (nSPS) is 11.3. The predicted molar refractivity (Wildman–Crippen MR) is 121 cm³/mol. The highest BCUT2D eigenvalue weighted by atomic mass is 32.2. The van der Waals surface area contributed by atoms with Gasteiger partial charge in [0, 0.05) is 36.7 Å². The van der Waals surface area contributed by atoms with E-state index in [0.717, 1.165) is 5.69 Å². The molecule has 0 saturated heterocycles. The van der Waals surface area contributed by atoms with Crippen molar-refractivity contribution in [2.45, 2.75) is 18.7 Å². The lowest BCUT2D eigenvalue weighted by atomic mass is 10.2. The summed E-state index contributed by atoms with van der Waals surface area (Å²) in [6.45, 7) is 4.03. The highest BCUT2D eigenvalue weighted by Gasteiger charge is 2.21. The average molecular weight is 456 g/mol. The van der Waals surface area contributed by atoms with Crippen LogP contribution in [0.3, 0.4) is 0 Å². The van der Waals surface area contributed by atoms with Crippen molar-refractivity contribution in [3.8, 4) is 5.69 Å². The maximum atomic E-state index is 12.5. The molecule has 2 aromatic carbocycles. The number of nitrogens with one attached hydrogen (secondary N) is 2. The molecule has 0 bridgehead atoms. The van der Waals surface area contributed by atoms with Crippen molar-refractivity contribution in [3.05, 3.63) is 72.6 Å². The standard InChI is InChI=1S/C22H25N5O4S/c1-3-26(4-2)32(30,31)20-12-6-17(7-13-20)22(29)23-16-21(28)25-18-8-10-19(11-9-18)27-15-5-14-24-27/h5-15H,3-4,16H2,1-2H3,(H,23,29)(H,25,28). The van der Waals surface area contributed by atoms with Gasteiger partial charge in [0.2, 0.25) is 15.9 Å². The minimum absolute atomic E-state index is 0.119. The van der Waals surface area contributed by atoms with Gasteiger partial charge in [-0.1, -0.05) is 13.8 Å². The molecule has 1 aromatic heterocycles. The largest absolute Gasteiger partial charge is 0.343 e. The number of carbonyl (C=O) groups excluding carboxylic acids is 2. The van der Waals surface area contributed by atoms with Crippen molar-refractivity contribution in [1.29, 1.82) is 0 Å². The first-order valence-corrected chi connectivity index (χ1v) is 11.6. The van der Waals surface area contributed by atoms with E-state index in [4.69, 9.17) is 0 Å². The van der Waals surface area contributed by atoms with Crippen LogP contribution < -0.4 is 10.6 Å². The molecule has 2 N–H and O–H groups in total. The van der Waals surface area contributed by atoms with Gasteiger partial charge >= 0.3 is 0 Å². The molecular weight excluding hydrogens is 430 g/mol. The molecule has 0 saturated carbocycles. The molecule has 0 unspecified atom stereocenters. The molecule has 3 rings (SSSR count). The highest BCUT2D eigenvalue weighted by molar-refractivity contribution is 7.89. The van der Waals surface area contributed by atoms with Crippen LogP contribution in [-0.4, -0.2) is 54.0 Å². The fourth-order valence-electron chi connectivity index (χ4n) is 3.08. The second kappa shape index (κ2) is 10.2. The Kier molecular flexibility index (Phi) is 7.39. The van der Waals surface area contributed by atoms with E-state index in [0.29, 0.717) is 18.8 Å². The molecule has 0 aliphatic carbocycles. The van der Waals surface area contributed by atoms with Crippen LogP contribution in [0.4, 0.5) is 5.69 Å². The number of benzene rings is 2. The lowest BCUT2D eigenvalue weighted by Gasteiger charge is -2.18. The van der Waals surface area contributed by atoms with E-state index in [9.17, 15) is 18.0 Å². The van der Waals surface area contributed by atoms with E-state index in [1.54, 1.807) is 36.9 Å². The zero-order chi connectivity index (χ0) is 23.1. The number of hydrogen-bond acceptors (Lipinski definition) is 5. The molecule has 0 spiro atoms. The smallest absolute Gasteiger partial charge is 0.251 e. The van der Waals surface area contributed by atoms with Crippen LogP contribution in [0.1, 0.15) is 24.2 Å². The topological polar surface area (TPSA) is 113 Å². The Bertz CT molecular complexity index is 1150. The van der Waals surface area contributed by atoms with E-state index in [1.807, 2.05) is 24.4 Å². The molecule has 2 amide bonds. The summed E-state index contributed by atoms with van der Waals surface area (Å²) in [7, 11) is -3.59. The van der Waals surface area contributed by atoms with Crippen molar-refractivity contribution >= 4 is 27.5 Å². The molecule has 32 heavy (non-hydrogen) atoms. The quantitative estimate of drug-likeness (QED) is 0.514. The van der Waals surface area contributed by atoms with Gasteiger partial charge in [0.1, 0.15) is 0 Å². The maximum absolute atomic E-state index is 12.5. The first kappa shape index (κ1) is 23.2. The molecule has 10 heteroatoms. The van der Waals surface area contributed by atoms with Gasteiger partial charge in [-0.25, -0.2) is 13.1 Å². The van der Waals surface area contributed by atoms with E-state index < -0.39 is 15.9 Å². The fraction of sp³-hybridized carbons (Fsp3) is 0.227. The van der Waals surface area contributed by atoms with Crippen LogP contribution >= 0.6 is 0 Å². The minimum Gasteiger partial charge on any atom is -0.343 e. The number of amides is 2. The maximum Gasteiger partial charge on any atom is 0.251 e. The molecule has 0 radical (unpaired) electrons. The summed E-state index contributed by atoms with van der Waals surface area (Å²) in [5.41, 5.74) is 1.71. The Hall–Kier alpha value is -3.50. The van der Waals surface area contributed by atoms with Gasteiger partial charge in [-0.05, 0) is 54.6 Å². The molecule has 0 atom stereocenters. The molecule has 0 aliphatic rings. The van der Waals surface area contributed by atoms with Crippen LogP contribution in [0, 0.1) is 0 Å². The molecule has 9 nitrogen and oxygen atoms in total. The van der Waals surface area contributed by atoms with E-state index in [-0.39, 0.29) is 22.9 Å². The zero-order valence-corrected chi connectivity index (χ0v) is 18.7. The highest BCUT2D eigenvalue weighted by Crippen LogP contribution is 2.16. The third-order valence-corrected chi connectivity index (χ3v) is 6.85. The summed E-state index contributed by atoms with van der Waals surface area (Å²) in [4.78, 5) is 24.6. The first-order valence-electron chi connectivity index (χ1n) is 10.1. The van der Waals surface area contributed by atoms with E-state index in [2.05, 4.69) is 15.7 Å². The van der Waals surface area contributed by atoms with Gasteiger partial charge in [0.05, 0.1) is 17.1 Å². The van der Waals surface area contributed by atoms with Crippen LogP contribution in [-0.2, 0) is 14.8 Å². The first-order chi connectivity index (χ1) is 15.3. The summed E-state index contributed by atoms with van der Waals surface area (Å²) < 4.78 is 28.1. The number of hydrogen-bond donors (Lipinski definition) is 2. The van der Waals surface area contributed by atoms with Gasteiger partial charge in [0.25, 0.3) is 5.91 Å². The predicted octanol–water partition coefficient (Wildman–Crippen LogP) is 2.27. The van der Waals surface area contributed by atoms with Gasteiger partial charge in [-0.2, -0.15) is 9.40 Å². The Morgan fingerprint density at radius 2 is 1.66 bits per heavy atom. The summed E-state index contributed by atoms with van der Waals surface area (Å²) in [6, 6.07) is 14.6. The Balaban J connectivity index is 1.54. The lowest BCUT2D eigenvalue weighted by molar-refractivity contribution is -0.115. The van der Waals surface area contributed by atoms with Gasteiger partial charge in [-0.3, -0.25) is 9.59 Å². The van der Waals surface area contributed by atoms with Crippen LogP contribution in [0.25, 0.3) is 5.69 Å². The summed E-state index contributed by atoms with van der Waals surface area (Å²) in [5.74, 6) is -0.855. The number of rotatable bonds is 9. The Labute approximate surface area is 187 Å². The number of sulfonamides is 1. The fourth-order valence-corrected chi connectivity index (χ4v) is 4.54. The van der Waals surface area contributed by atoms with Crippen LogP contribution in [0.15, 0.2) is 71.9 Å². The van der Waals surface area contributed by atoms with Crippen molar-refractivity contribution < 1.29 is 18.0 Å². The second-order valence-corrected chi connectivity index (χ2v) is 8.78. The summed E-state index contributed by atoms with van der Waals surface area (Å²) >= 11 is 0. The van der Waals surface area contributed by atoms with Crippen molar-refractivity contribution in [3.63, 3.8) is 0 Å². The second-order valence-electron chi connectivity index (χ2n) is 6.84. The molecular formula is C22H25N5O4S. The number of carbonyl (C=O) groups is 2. The van der Waals surface area contributed by atoms with E-state index in [1.165, 1.54) is 28.6 Å². The molecule has 168 valence electrons. The third-order valence-electron chi connectivity index (χ3n) is 4.79. The van der Waals surface area contributed by atoms with Crippen LogP contribution in [0.5, 0.6) is 0 Å². The third kappa shape index (κ3) is 5.40. The van der Waals surface area contributed by atoms with Crippen LogP contribution in [0.2, 0.25) is 0 Å². The van der Waals surface area contributed by atoms with Gasteiger partial charge in [-0.15, -0.1) is 0 Å². The molecule has 3 aromatic rings. The van der Waals surface area contributed by atoms with Crippen molar-refractivity contribution in [2.24, 2.45) is 0 Å². The summed E-state index contributed by atoms with van der Waals surface area (Å²) in [6.07, 6.45) is 3.49. The van der Waals surface area contributed by atoms with E-state index >= 15 is 0 Å². The Morgan fingerprint density at radius 3 is 2.22 bits per heavy atom. The zero-order valence-electron chi connectivity index (χ0n) is 17.9. The number of aromatic nitrogens is 2. The SMILES string of the molecule is CCN(CC)S(=O)(=O)c1ccc(C(=O)NCC(=O)Nc2ccc(-n3cccn3)cc2)cc1. The number of anilines is 1. The van der Waals surface area contributed by atoms with Gasteiger partial charge < -0.3 is 10.6 Å². The van der Waals surface area contributed by atoms with Gasteiger partial charge in [0.15, 0.2) is 0 Å². The lowest BCUT2D eigenvalue weighted by Crippen LogP contribution is -2.33. The molecule has 1 heterocycles. The monoisotopic (exact) mass is 455 g/mol. The molecule has 0 aliphatic heterocycles. The summed E-state index contributed by atoms with van der Waals surface area (Å²) in [5, 5.41) is 9.38. The molecule has 0 fully saturated rings. The Morgan fingerprint density at radius 1 is 1.00 bits per heavy atom. The number of nitrogens with zero attached hydrogens (tertiary/aromatic N) is 3.